The topological polar surface area (TPSA) is 35.6 Å². The van der Waals surface area contributed by atoms with Crippen molar-refractivity contribution < 1.29 is 0 Å². The first-order valence-electron chi connectivity index (χ1n) is 13.8. The molecule has 0 fully saturated rings. The molecule has 0 unspecified atom stereocenters. The maximum Gasteiger partial charge on any atom is 0.147 e. The van der Waals surface area contributed by atoms with Gasteiger partial charge < -0.3 is 4.57 Å². The minimum absolute atomic E-state index is 0.0488. The summed E-state index contributed by atoms with van der Waals surface area (Å²) in [6, 6.07) is 32.2. The molecule has 7 rings (SSSR count). The number of aromatic nitrogens is 4. The highest BCUT2D eigenvalue weighted by Crippen LogP contribution is 2.40. The normalized spacial score (nSPS) is 11.8. The van der Waals surface area contributed by atoms with Crippen molar-refractivity contribution >= 4 is 43.9 Å². The molecule has 4 heteroatoms. The van der Waals surface area contributed by atoms with Gasteiger partial charge in [0.1, 0.15) is 5.65 Å². The van der Waals surface area contributed by atoms with Crippen molar-refractivity contribution in [1.82, 2.24) is 19.1 Å². The van der Waals surface area contributed by atoms with Gasteiger partial charge in [0.25, 0.3) is 0 Å². The molecule has 0 spiro atoms. The molecule has 0 aliphatic heterocycles. The Morgan fingerprint density at radius 3 is 2.13 bits per heavy atom. The van der Waals surface area contributed by atoms with Crippen LogP contribution in [0.5, 0.6) is 0 Å². The second-order valence-corrected chi connectivity index (χ2v) is 11.1. The molecule has 4 heterocycles. The quantitative estimate of drug-likeness (QED) is 0.232. The van der Waals surface area contributed by atoms with Crippen LogP contribution in [0.4, 0.5) is 0 Å². The molecule has 0 aliphatic carbocycles. The van der Waals surface area contributed by atoms with Crippen LogP contribution in [-0.2, 0) is 5.41 Å². The van der Waals surface area contributed by atoms with Crippen LogP contribution >= 0.6 is 0 Å². The maximum absolute atomic E-state index is 5.05. The lowest BCUT2D eigenvalue weighted by molar-refractivity contribution is 0.590. The molecule has 0 amide bonds. The highest BCUT2D eigenvalue weighted by atomic mass is 15.1. The van der Waals surface area contributed by atoms with E-state index in [0.717, 1.165) is 49.9 Å². The highest BCUT2D eigenvalue weighted by molar-refractivity contribution is 6.24. The van der Waals surface area contributed by atoms with Crippen LogP contribution < -0.4 is 0 Å². The number of para-hydroxylation sites is 2. The van der Waals surface area contributed by atoms with E-state index in [9.17, 15) is 0 Å². The third-order valence-electron chi connectivity index (χ3n) is 7.15. The molecule has 4 aromatic heterocycles. The standard InChI is InChI=1S/C32H26N4.C3H8/c1-32(2,3)21-11-9-14-23(19-21)35-27-17-10-18-33-29(27)25-20-34-31-28(30(25)35)24-15-7-8-16-26(24)36(31)22-12-5-4-6-13-22;1-3-2/h4-20H,1-3H3;3H2,1-2H3. The van der Waals surface area contributed by atoms with Crippen LogP contribution in [0.25, 0.3) is 55.2 Å². The number of pyridine rings is 2. The third-order valence-corrected chi connectivity index (χ3v) is 7.15. The van der Waals surface area contributed by atoms with Crippen LogP contribution in [0.2, 0.25) is 0 Å². The molecule has 0 saturated heterocycles. The molecule has 0 N–H and O–H groups in total. The summed E-state index contributed by atoms with van der Waals surface area (Å²) in [4.78, 5) is 9.86. The van der Waals surface area contributed by atoms with E-state index in [4.69, 9.17) is 9.97 Å². The number of fused-ring (bicyclic) bond motifs is 7. The lowest BCUT2D eigenvalue weighted by atomic mass is 9.87. The van der Waals surface area contributed by atoms with Gasteiger partial charge in [-0.05, 0) is 53.4 Å². The molecule has 39 heavy (non-hydrogen) atoms. The molecule has 4 nitrogen and oxygen atoms in total. The zero-order valence-corrected chi connectivity index (χ0v) is 23.3. The summed E-state index contributed by atoms with van der Waals surface area (Å²) in [5.74, 6) is 0. The smallest absolute Gasteiger partial charge is 0.147 e. The Hall–Kier alpha value is -4.44. The Bertz CT molecular complexity index is 1940. The van der Waals surface area contributed by atoms with E-state index < -0.39 is 0 Å². The van der Waals surface area contributed by atoms with E-state index in [-0.39, 0.29) is 5.41 Å². The van der Waals surface area contributed by atoms with E-state index in [1.807, 2.05) is 18.5 Å². The van der Waals surface area contributed by atoms with Crippen molar-refractivity contribution in [2.45, 2.75) is 46.5 Å². The van der Waals surface area contributed by atoms with Crippen LogP contribution in [-0.4, -0.2) is 19.1 Å². The predicted octanol–water partition coefficient (Wildman–Crippen LogP) is 9.38. The predicted molar refractivity (Wildman–Crippen MR) is 165 cm³/mol. The monoisotopic (exact) mass is 510 g/mol. The summed E-state index contributed by atoms with van der Waals surface area (Å²) in [7, 11) is 0. The fourth-order valence-electron chi connectivity index (χ4n) is 5.43. The fourth-order valence-corrected chi connectivity index (χ4v) is 5.43. The Balaban J connectivity index is 0.000000883. The van der Waals surface area contributed by atoms with Gasteiger partial charge in [-0.2, -0.15) is 0 Å². The molecule has 194 valence electrons. The lowest BCUT2D eigenvalue weighted by Gasteiger charge is -2.20. The van der Waals surface area contributed by atoms with Crippen molar-refractivity contribution in [1.29, 1.82) is 0 Å². The average Bonchev–Trinajstić information content (AvgIpc) is 3.46. The zero-order valence-electron chi connectivity index (χ0n) is 23.3. The Morgan fingerprint density at radius 1 is 0.667 bits per heavy atom. The number of nitrogens with zero attached hydrogens (tertiary/aromatic N) is 4. The summed E-state index contributed by atoms with van der Waals surface area (Å²) in [5, 5.41) is 3.40. The summed E-state index contributed by atoms with van der Waals surface area (Å²) >= 11 is 0. The van der Waals surface area contributed by atoms with Gasteiger partial charge in [-0.3, -0.25) is 9.55 Å². The Morgan fingerprint density at radius 2 is 1.36 bits per heavy atom. The van der Waals surface area contributed by atoms with Crippen molar-refractivity contribution in [3.63, 3.8) is 0 Å². The summed E-state index contributed by atoms with van der Waals surface area (Å²) in [6.07, 6.45) is 5.12. The fraction of sp³-hybridized carbons (Fsp3) is 0.200. The molecule has 0 bridgehead atoms. The van der Waals surface area contributed by atoms with E-state index >= 15 is 0 Å². The molecular formula is C35H34N4. The molecule has 0 aliphatic rings. The SMILES string of the molecule is CC(C)(C)c1cccc(-n2c3cccnc3c3cnc4c(c5ccccc5n4-c4ccccc4)c32)c1.CCC. The summed E-state index contributed by atoms with van der Waals surface area (Å²) < 4.78 is 4.64. The maximum atomic E-state index is 5.05. The molecule has 0 atom stereocenters. The van der Waals surface area contributed by atoms with Gasteiger partial charge in [0.05, 0.1) is 27.5 Å². The van der Waals surface area contributed by atoms with Gasteiger partial charge in [-0.25, -0.2) is 4.98 Å². The molecule has 0 radical (unpaired) electrons. The first-order valence-corrected chi connectivity index (χ1v) is 13.8. The Labute approximate surface area is 229 Å². The van der Waals surface area contributed by atoms with Crippen LogP contribution in [0.3, 0.4) is 0 Å². The lowest BCUT2D eigenvalue weighted by Crippen LogP contribution is -2.11. The molecular weight excluding hydrogens is 476 g/mol. The van der Waals surface area contributed by atoms with Gasteiger partial charge in [-0.1, -0.05) is 89.6 Å². The third kappa shape index (κ3) is 4.08. The van der Waals surface area contributed by atoms with Crippen molar-refractivity contribution in [3.05, 3.63) is 109 Å². The number of rotatable bonds is 2. The van der Waals surface area contributed by atoms with E-state index in [1.54, 1.807) is 0 Å². The highest BCUT2D eigenvalue weighted by Gasteiger charge is 2.23. The van der Waals surface area contributed by atoms with Crippen LogP contribution in [0.1, 0.15) is 46.6 Å². The van der Waals surface area contributed by atoms with Gasteiger partial charge in [0.2, 0.25) is 0 Å². The minimum atomic E-state index is 0.0488. The minimum Gasteiger partial charge on any atom is -0.307 e. The van der Waals surface area contributed by atoms with E-state index in [2.05, 4.69) is 129 Å². The van der Waals surface area contributed by atoms with Gasteiger partial charge in [0, 0.05) is 34.5 Å². The molecule has 0 saturated carbocycles. The van der Waals surface area contributed by atoms with E-state index in [0.29, 0.717) is 0 Å². The first-order chi connectivity index (χ1) is 18.9. The Kier molecular flexibility index (Phi) is 6.19. The molecule has 3 aromatic carbocycles. The van der Waals surface area contributed by atoms with Gasteiger partial charge >= 0.3 is 0 Å². The van der Waals surface area contributed by atoms with Crippen molar-refractivity contribution in [3.8, 4) is 11.4 Å². The number of hydrogen-bond donors (Lipinski definition) is 0. The number of hydrogen-bond acceptors (Lipinski definition) is 2. The van der Waals surface area contributed by atoms with Crippen LogP contribution in [0.15, 0.2) is 103 Å². The zero-order chi connectivity index (χ0) is 27.1. The second kappa shape index (κ2) is 9.70. The molecule has 7 aromatic rings. The summed E-state index contributed by atoms with van der Waals surface area (Å²) in [6.45, 7) is 11.0. The van der Waals surface area contributed by atoms with Crippen molar-refractivity contribution in [2.75, 3.05) is 0 Å². The average molecular weight is 511 g/mol. The van der Waals surface area contributed by atoms with Gasteiger partial charge in [0.15, 0.2) is 0 Å². The first kappa shape index (κ1) is 24.9. The largest absolute Gasteiger partial charge is 0.307 e. The van der Waals surface area contributed by atoms with E-state index in [1.165, 1.54) is 17.4 Å². The van der Waals surface area contributed by atoms with Crippen LogP contribution in [0, 0.1) is 0 Å². The van der Waals surface area contributed by atoms with Crippen molar-refractivity contribution in [2.24, 2.45) is 0 Å². The van der Waals surface area contributed by atoms with Gasteiger partial charge in [-0.15, -0.1) is 0 Å². The summed E-state index contributed by atoms with van der Waals surface area (Å²) in [5.41, 5.74) is 8.89. The number of benzene rings is 3. The second-order valence-electron chi connectivity index (χ2n) is 11.1.